The van der Waals surface area contributed by atoms with E-state index in [1.54, 1.807) is 5.43 Å². The number of esters is 4. The van der Waals surface area contributed by atoms with Gasteiger partial charge in [0.15, 0.2) is 21.8 Å². The second-order valence-corrected chi connectivity index (χ2v) is 17.7. The van der Waals surface area contributed by atoms with Gasteiger partial charge in [-0.15, -0.1) is 0 Å². The Morgan fingerprint density at radius 1 is 0.592 bits per heavy atom. The highest BCUT2D eigenvalue weighted by molar-refractivity contribution is 6.01. The molecule has 0 saturated carbocycles. The number of guanidine groups is 2. The van der Waals surface area contributed by atoms with Gasteiger partial charge in [0.1, 0.15) is 23.1 Å². The first-order valence-corrected chi connectivity index (χ1v) is 22.7. The van der Waals surface area contributed by atoms with Gasteiger partial charge in [0, 0.05) is 45.4 Å². The number of hydrazine groups is 2. The van der Waals surface area contributed by atoms with Crippen LogP contribution in [0, 0.1) is 49.3 Å². The van der Waals surface area contributed by atoms with Crippen LogP contribution in [0.3, 0.4) is 0 Å². The number of nitro groups is 2. The molecule has 28 heteroatoms. The van der Waals surface area contributed by atoms with E-state index < -0.39 is 120 Å². The highest BCUT2D eigenvalue weighted by Crippen LogP contribution is 2.28. The molecule has 0 spiro atoms. The number of carbonyl (C=O) groups is 8. The molecular formula is C43H72N12O16. The summed E-state index contributed by atoms with van der Waals surface area (Å²) >= 11 is 0. The highest BCUT2D eigenvalue weighted by atomic mass is 16.7. The maximum atomic E-state index is 13.4. The van der Waals surface area contributed by atoms with Gasteiger partial charge in [0.2, 0.25) is 13.6 Å². The number of ketones is 4. The molecule has 0 heterocycles. The minimum absolute atomic E-state index is 0.0109. The molecule has 4 atom stereocenters. The summed E-state index contributed by atoms with van der Waals surface area (Å²) in [5, 5.41) is 25.0. The van der Waals surface area contributed by atoms with Gasteiger partial charge in [0.05, 0.1) is 42.3 Å². The molecule has 400 valence electrons. The van der Waals surface area contributed by atoms with Crippen LogP contribution in [0.1, 0.15) is 118 Å². The molecule has 0 rings (SSSR count). The fraction of sp³-hybridized carbons (Fsp3) is 0.674. The molecule has 0 saturated heterocycles. The van der Waals surface area contributed by atoms with Gasteiger partial charge < -0.3 is 52.5 Å². The Hall–Kier alpha value is -7.42. The van der Waals surface area contributed by atoms with E-state index in [1.165, 1.54) is 6.92 Å². The van der Waals surface area contributed by atoms with Crippen LogP contribution in [-0.4, -0.2) is 109 Å². The van der Waals surface area contributed by atoms with E-state index in [1.807, 2.05) is 26.2 Å². The van der Waals surface area contributed by atoms with Crippen molar-refractivity contribution in [1.29, 1.82) is 0 Å². The molecule has 0 aliphatic heterocycles. The lowest BCUT2D eigenvalue weighted by molar-refractivity contribution is -0.536. The van der Waals surface area contributed by atoms with Crippen LogP contribution in [0.25, 0.3) is 0 Å². The summed E-state index contributed by atoms with van der Waals surface area (Å²) in [7, 11) is 0. The van der Waals surface area contributed by atoms with E-state index in [2.05, 4.69) is 33.8 Å². The summed E-state index contributed by atoms with van der Waals surface area (Å²) in [6.07, 6.45) is -0.806. The molecule has 0 amide bonds. The maximum Gasteiger partial charge on any atom is 0.312 e. The average Bonchev–Trinajstić information content (AvgIpc) is 3.23. The SMILES string of the molecule is C=C(N)NCCCC(CC(=O)CC(C)=O)C(=O)OCOC(=O)C(CCCN=C(N)N)CC(=O)CC(=O)CC(CCCNC(=C)N[N+](=O)[O-])C(=O)OCOC(=O)C(CCCN=C(N)N[N+](=O)[O-])CC(C)(C)C. The van der Waals surface area contributed by atoms with Crippen molar-refractivity contribution in [3.63, 3.8) is 0 Å². The van der Waals surface area contributed by atoms with E-state index >= 15 is 0 Å². The van der Waals surface area contributed by atoms with E-state index in [4.69, 9.17) is 41.9 Å². The Morgan fingerprint density at radius 3 is 1.39 bits per heavy atom. The minimum Gasteiger partial charge on any atom is -0.428 e. The van der Waals surface area contributed by atoms with E-state index in [0.717, 1.165) is 0 Å². The number of aliphatic imine (C=N–C) groups is 2. The van der Waals surface area contributed by atoms with Gasteiger partial charge in [-0.1, -0.05) is 44.8 Å². The number of nitrogens with two attached hydrogens (primary N) is 4. The first kappa shape index (κ1) is 63.6. The molecule has 4 unspecified atom stereocenters. The van der Waals surface area contributed by atoms with Crippen molar-refractivity contribution in [1.82, 2.24) is 21.5 Å². The quantitative estimate of drug-likeness (QED) is 0.00608. The van der Waals surface area contributed by atoms with Crippen LogP contribution in [0.2, 0.25) is 0 Å². The Morgan fingerprint density at radius 2 is 0.986 bits per heavy atom. The Bertz CT molecular complexity index is 1920. The molecule has 0 aromatic heterocycles. The molecular weight excluding hydrogens is 941 g/mol. The number of rotatable bonds is 40. The van der Waals surface area contributed by atoms with E-state index in [0.29, 0.717) is 25.8 Å². The largest absolute Gasteiger partial charge is 0.428 e. The first-order valence-electron chi connectivity index (χ1n) is 22.7. The fourth-order valence-corrected chi connectivity index (χ4v) is 6.80. The number of hydrogen-bond donors (Lipinski definition) is 8. The molecule has 0 aliphatic rings. The minimum atomic E-state index is -1.19. The molecule has 0 fully saturated rings. The number of ether oxygens (including phenoxy) is 4. The van der Waals surface area contributed by atoms with E-state index in [-0.39, 0.29) is 94.0 Å². The van der Waals surface area contributed by atoms with Crippen LogP contribution >= 0.6 is 0 Å². The monoisotopic (exact) mass is 1010 g/mol. The Kier molecular flexibility index (Phi) is 31.2. The molecule has 0 bridgehead atoms. The Labute approximate surface area is 411 Å². The zero-order valence-corrected chi connectivity index (χ0v) is 41.0. The summed E-state index contributed by atoms with van der Waals surface area (Å²) in [6, 6.07) is 0. The molecule has 12 N–H and O–H groups in total. The third-order valence-corrected chi connectivity index (χ3v) is 9.84. The summed E-state index contributed by atoms with van der Waals surface area (Å²) in [5.74, 6) is -10.5. The van der Waals surface area contributed by atoms with Gasteiger partial charge in [-0.3, -0.25) is 43.3 Å². The van der Waals surface area contributed by atoms with Crippen molar-refractivity contribution in [2.24, 2.45) is 62.0 Å². The summed E-state index contributed by atoms with van der Waals surface area (Å²) in [5.41, 5.74) is 25.0. The van der Waals surface area contributed by atoms with Gasteiger partial charge in [-0.25, -0.2) is 25.2 Å². The van der Waals surface area contributed by atoms with Gasteiger partial charge in [-0.2, -0.15) is 0 Å². The van der Waals surface area contributed by atoms with Crippen molar-refractivity contribution in [2.45, 2.75) is 118 Å². The predicted octanol–water partition coefficient (Wildman–Crippen LogP) is 0.574. The zero-order valence-electron chi connectivity index (χ0n) is 41.0. The van der Waals surface area contributed by atoms with Crippen LogP contribution in [0.15, 0.2) is 34.8 Å². The number of nitrogens with one attached hydrogen (secondary N) is 4. The van der Waals surface area contributed by atoms with Gasteiger partial charge in [0.25, 0.3) is 5.96 Å². The number of nitrogens with zero attached hydrogens (tertiary/aromatic N) is 4. The molecule has 0 radical (unpaired) electrons. The van der Waals surface area contributed by atoms with Gasteiger partial charge in [-0.05, 0) is 70.1 Å². The second kappa shape index (κ2) is 34.8. The number of hydrogen-bond acceptors (Lipinski definition) is 21. The molecule has 0 aromatic rings. The van der Waals surface area contributed by atoms with Crippen LogP contribution in [-0.2, 0) is 57.3 Å². The van der Waals surface area contributed by atoms with Crippen LogP contribution < -0.4 is 44.4 Å². The molecule has 0 aromatic carbocycles. The smallest absolute Gasteiger partial charge is 0.312 e. The lowest BCUT2D eigenvalue weighted by Gasteiger charge is -2.24. The van der Waals surface area contributed by atoms with Crippen LogP contribution in [0.4, 0.5) is 0 Å². The van der Waals surface area contributed by atoms with Crippen LogP contribution in [0.5, 0.6) is 0 Å². The highest BCUT2D eigenvalue weighted by Gasteiger charge is 2.30. The normalized spacial score (nSPS) is 12.8. The van der Waals surface area contributed by atoms with E-state index in [9.17, 15) is 58.6 Å². The fourth-order valence-electron chi connectivity index (χ4n) is 6.80. The summed E-state index contributed by atoms with van der Waals surface area (Å²) < 4.78 is 20.9. The van der Waals surface area contributed by atoms with Crippen molar-refractivity contribution < 1.29 is 67.4 Å². The summed E-state index contributed by atoms with van der Waals surface area (Å²) in [6.45, 7) is 12.7. The lowest BCUT2D eigenvalue weighted by Crippen LogP contribution is -2.36. The average molecular weight is 1010 g/mol. The third-order valence-electron chi connectivity index (χ3n) is 9.84. The molecule has 0 aliphatic carbocycles. The van der Waals surface area contributed by atoms with Crippen molar-refractivity contribution in [2.75, 3.05) is 39.8 Å². The zero-order chi connectivity index (χ0) is 54.1. The summed E-state index contributed by atoms with van der Waals surface area (Å²) in [4.78, 5) is 132. The number of Topliss-reactive ketones (excluding diaryl/α,β-unsaturated/α-hetero) is 4. The molecule has 71 heavy (non-hydrogen) atoms. The van der Waals surface area contributed by atoms with Crippen molar-refractivity contribution >= 4 is 58.9 Å². The van der Waals surface area contributed by atoms with Crippen molar-refractivity contribution in [3.05, 3.63) is 45.0 Å². The second-order valence-electron chi connectivity index (χ2n) is 17.7. The predicted molar refractivity (Wildman–Crippen MR) is 254 cm³/mol. The first-order chi connectivity index (χ1) is 33.2. The molecule has 28 nitrogen and oxygen atoms in total. The van der Waals surface area contributed by atoms with Crippen molar-refractivity contribution in [3.8, 4) is 0 Å². The standard InChI is InChI=1S/C43H72N12O16/c1-27(56)19-34(57)20-30(11-7-15-48-28(2)44)37(60)68-25-69-39(62)32(13-9-17-50-41(45)46)22-36(59)23-35(58)21-31(12-8-16-49-29(3)52-54(64)65)38(61)70-26-71-40(63)33(24-43(4,5)6)14-10-18-51-42(47)53-55(66)67/h30-33,48-49,52H,2-3,7-26,44H2,1,4-6H3,(H4,45,46,50)(H3,47,51,53). The van der Waals surface area contributed by atoms with Gasteiger partial charge >= 0.3 is 23.9 Å². The maximum absolute atomic E-state index is 13.4. The Balaban J connectivity index is 5.93. The third kappa shape index (κ3) is 34.5. The topological polar surface area (TPSA) is 437 Å². The number of carbonyl (C=O) groups excluding carboxylic acids is 8. The lowest BCUT2D eigenvalue weighted by atomic mass is 9.83.